The average molecular weight is 392 g/mol. The van der Waals surface area contributed by atoms with Gasteiger partial charge in [0.05, 0.1) is 22.5 Å². The Morgan fingerprint density at radius 3 is 2.38 bits per heavy atom. The summed E-state index contributed by atoms with van der Waals surface area (Å²) in [4.78, 5) is 18.7. The Balaban J connectivity index is 0.00000264. The minimum absolute atomic E-state index is 0. The molecular weight excluding hydrogens is 371 g/mol. The third-order valence-electron chi connectivity index (χ3n) is 3.33. The van der Waals surface area contributed by atoms with E-state index in [9.17, 15) is 4.79 Å². The van der Waals surface area contributed by atoms with Crippen LogP contribution in [-0.4, -0.2) is 24.0 Å². The average Bonchev–Trinajstić information content (AvgIpc) is 2.50. The van der Waals surface area contributed by atoms with Gasteiger partial charge in [0.15, 0.2) is 0 Å². The Labute approximate surface area is 159 Å². The first-order valence-electron chi connectivity index (χ1n) is 7.12. The van der Waals surface area contributed by atoms with E-state index in [4.69, 9.17) is 17.3 Å². The molecule has 3 N–H and O–H groups in total. The third kappa shape index (κ3) is 5.44. The molecule has 0 saturated heterocycles. The molecule has 5 nitrogen and oxygen atoms in total. The van der Waals surface area contributed by atoms with Crippen LogP contribution in [-0.2, 0) is 0 Å². The summed E-state index contributed by atoms with van der Waals surface area (Å²) in [5.74, 6) is 0.593. The van der Waals surface area contributed by atoms with Gasteiger partial charge in [0.2, 0.25) is 0 Å². The zero-order chi connectivity index (χ0) is 16.1. The molecule has 0 radical (unpaired) electrons. The van der Waals surface area contributed by atoms with Crippen molar-refractivity contribution < 1.29 is 4.79 Å². The number of rotatable bonds is 5. The molecule has 0 fully saturated rings. The second-order valence-electron chi connectivity index (χ2n) is 4.77. The molecule has 2 rings (SSSR count). The van der Waals surface area contributed by atoms with Crippen molar-refractivity contribution in [3.63, 3.8) is 0 Å². The van der Waals surface area contributed by atoms with Gasteiger partial charge in [0.1, 0.15) is 5.82 Å². The van der Waals surface area contributed by atoms with Crippen LogP contribution >= 0.6 is 36.4 Å². The first-order valence-corrected chi connectivity index (χ1v) is 7.50. The van der Waals surface area contributed by atoms with Gasteiger partial charge in [0.25, 0.3) is 5.91 Å². The Morgan fingerprint density at radius 1 is 1.21 bits per heavy atom. The van der Waals surface area contributed by atoms with Gasteiger partial charge in [-0.1, -0.05) is 11.6 Å². The summed E-state index contributed by atoms with van der Waals surface area (Å²) in [6.45, 7) is 5.92. The Bertz CT molecular complexity index is 661. The molecule has 2 aromatic rings. The lowest BCUT2D eigenvalue weighted by Gasteiger charge is -2.19. The predicted octanol–water partition coefficient (Wildman–Crippen LogP) is 4.26. The maximum absolute atomic E-state index is 12.2. The van der Waals surface area contributed by atoms with Gasteiger partial charge >= 0.3 is 0 Å². The predicted molar refractivity (Wildman–Crippen MR) is 106 cm³/mol. The summed E-state index contributed by atoms with van der Waals surface area (Å²) in [7, 11) is 0. The van der Waals surface area contributed by atoms with Gasteiger partial charge in [-0.25, -0.2) is 4.98 Å². The molecule has 0 aliphatic carbocycles. The van der Waals surface area contributed by atoms with Crippen molar-refractivity contribution >= 4 is 59.5 Å². The first kappa shape index (κ1) is 22.3. The highest BCUT2D eigenvalue weighted by Gasteiger charge is 2.11. The zero-order valence-corrected chi connectivity index (χ0v) is 15.8. The van der Waals surface area contributed by atoms with Crippen LogP contribution in [0.15, 0.2) is 36.5 Å². The van der Waals surface area contributed by atoms with Crippen molar-refractivity contribution in [2.75, 3.05) is 29.0 Å². The van der Waals surface area contributed by atoms with Crippen LogP contribution in [0.3, 0.4) is 0 Å². The van der Waals surface area contributed by atoms with Crippen molar-refractivity contribution in [3.8, 4) is 0 Å². The number of nitrogens with zero attached hydrogens (tertiary/aromatic N) is 2. The lowest BCUT2D eigenvalue weighted by molar-refractivity contribution is 0.102. The molecule has 1 aromatic heterocycles. The van der Waals surface area contributed by atoms with E-state index in [0.29, 0.717) is 22.0 Å². The van der Waals surface area contributed by atoms with Crippen LogP contribution in [0.25, 0.3) is 0 Å². The highest BCUT2D eigenvalue weighted by molar-refractivity contribution is 6.34. The van der Waals surface area contributed by atoms with Crippen LogP contribution in [0.1, 0.15) is 24.2 Å². The second kappa shape index (κ2) is 10.2. The summed E-state index contributed by atoms with van der Waals surface area (Å²) in [5, 5.41) is 3.10. The second-order valence-corrected chi connectivity index (χ2v) is 5.18. The highest BCUT2D eigenvalue weighted by atomic mass is 35.5. The van der Waals surface area contributed by atoms with Gasteiger partial charge in [0, 0.05) is 18.8 Å². The topological polar surface area (TPSA) is 71.2 Å². The van der Waals surface area contributed by atoms with Gasteiger partial charge < -0.3 is 16.0 Å². The minimum atomic E-state index is -0.289. The molecule has 132 valence electrons. The van der Waals surface area contributed by atoms with Gasteiger partial charge in [-0.3, -0.25) is 4.79 Å². The molecule has 0 aliphatic rings. The van der Waals surface area contributed by atoms with Crippen molar-refractivity contribution in [2.24, 2.45) is 0 Å². The Morgan fingerprint density at radius 2 is 1.88 bits per heavy atom. The number of anilines is 3. The maximum Gasteiger partial charge on any atom is 0.257 e. The van der Waals surface area contributed by atoms with Crippen molar-refractivity contribution in [3.05, 3.63) is 47.1 Å². The molecule has 0 atom stereocenters. The smallest absolute Gasteiger partial charge is 0.257 e. The molecule has 0 spiro atoms. The molecule has 8 heteroatoms. The fourth-order valence-corrected chi connectivity index (χ4v) is 2.38. The van der Waals surface area contributed by atoms with Crippen LogP contribution in [0.4, 0.5) is 17.2 Å². The van der Waals surface area contributed by atoms with Crippen molar-refractivity contribution in [1.82, 2.24) is 4.98 Å². The number of nitrogen functional groups attached to an aromatic ring is 1. The van der Waals surface area contributed by atoms with E-state index in [1.54, 1.807) is 24.4 Å². The highest BCUT2D eigenvalue weighted by Crippen LogP contribution is 2.21. The molecular formula is C16H21Cl3N4O. The van der Waals surface area contributed by atoms with E-state index < -0.39 is 0 Å². The summed E-state index contributed by atoms with van der Waals surface area (Å²) >= 11 is 6.03. The molecule has 1 amide bonds. The number of amides is 1. The molecule has 1 aromatic carbocycles. The van der Waals surface area contributed by atoms with Crippen LogP contribution in [0.5, 0.6) is 0 Å². The molecule has 0 bridgehead atoms. The van der Waals surface area contributed by atoms with Gasteiger partial charge in [-0.05, 0) is 44.2 Å². The fourth-order valence-electron chi connectivity index (χ4n) is 2.11. The van der Waals surface area contributed by atoms with Gasteiger partial charge in [-0.2, -0.15) is 0 Å². The summed E-state index contributed by atoms with van der Waals surface area (Å²) in [6, 6.07) is 8.50. The summed E-state index contributed by atoms with van der Waals surface area (Å²) < 4.78 is 0. The molecule has 0 aliphatic heterocycles. The monoisotopic (exact) mass is 390 g/mol. The summed E-state index contributed by atoms with van der Waals surface area (Å²) in [6.07, 6.45) is 1.64. The molecule has 0 unspecified atom stereocenters. The lowest BCUT2D eigenvalue weighted by Crippen LogP contribution is -2.22. The van der Waals surface area contributed by atoms with Crippen LogP contribution in [0.2, 0.25) is 5.02 Å². The van der Waals surface area contributed by atoms with Crippen molar-refractivity contribution in [1.29, 1.82) is 0 Å². The summed E-state index contributed by atoms with van der Waals surface area (Å²) in [5.41, 5.74) is 7.14. The Kier molecular flexibility index (Phi) is 9.51. The third-order valence-corrected chi connectivity index (χ3v) is 3.64. The van der Waals surface area contributed by atoms with E-state index in [0.717, 1.165) is 18.9 Å². The first-order chi connectivity index (χ1) is 10.5. The minimum Gasteiger partial charge on any atom is -0.399 e. The van der Waals surface area contributed by atoms with E-state index in [2.05, 4.69) is 29.0 Å². The number of hydrogen-bond donors (Lipinski definition) is 2. The van der Waals surface area contributed by atoms with E-state index in [1.165, 1.54) is 0 Å². The van der Waals surface area contributed by atoms with Crippen molar-refractivity contribution in [2.45, 2.75) is 13.8 Å². The van der Waals surface area contributed by atoms with E-state index in [1.807, 2.05) is 12.1 Å². The lowest BCUT2D eigenvalue weighted by atomic mass is 10.2. The molecule has 1 heterocycles. The number of nitrogens with two attached hydrogens (primary N) is 1. The molecule has 0 saturated carbocycles. The normalized spacial score (nSPS) is 9.46. The van der Waals surface area contributed by atoms with E-state index in [-0.39, 0.29) is 30.7 Å². The number of pyridine rings is 1. The number of aromatic nitrogens is 1. The fraction of sp³-hybridized carbons (Fsp3) is 0.250. The zero-order valence-electron chi connectivity index (χ0n) is 13.5. The van der Waals surface area contributed by atoms with Crippen LogP contribution in [0, 0.1) is 0 Å². The number of nitrogens with one attached hydrogen (secondary N) is 1. The van der Waals surface area contributed by atoms with Gasteiger partial charge in [-0.15, -0.1) is 24.8 Å². The quantitative estimate of drug-likeness (QED) is 0.747. The number of carbonyl (C=O) groups excluding carboxylic acids is 1. The Hall–Kier alpha value is -1.69. The number of carbonyl (C=O) groups is 1. The maximum atomic E-state index is 12.2. The van der Waals surface area contributed by atoms with Crippen LogP contribution < -0.4 is 16.0 Å². The van der Waals surface area contributed by atoms with E-state index >= 15 is 0 Å². The molecule has 24 heavy (non-hydrogen) atoms. The number of halogens is 3. The SMILES string of the molecule is CCN(CC)c1ccc(NC(=O)c2ccc(N)cc2Cl)cn1.Cl.Cl. The number of hydrogen-bond acceptors (Lipinski definition) is 4. The number of benzene rings is 1. The standard InChI is InChI=1S/C16H19ClN4O.2ClH/c1-3-21(4-2)15-8-6-12(10-19-15)20-16(22)13-7-5-11(18)9-14(13)17;;/h5-10H,3-4,18H2,1-2H3,(H,20,22);2*1H. The largest absolute Gasteiger partial charge is 0.399 e.